The Morgan fingerprint density at radius 2 is 1.90 bits per heavy atom. The van der Waals surface area contributed by atoms with Gasteiger partial charge < -0.3 is 19.6 Å². The van der Waals surface area contributed by atoms with Crippen LogP contribution >= 0.6 is 0 Å². The molecule has 6 heteroatoms. The molecule has 152 valence electrons. The van der Waals surface area contributed by atoms with Crippen LogP contribution in [0.5, 0.6) is 11.5 Å². The molecule has 1 atom stereocenters. The van der Waals surface area contributed by atoms with Crippen molar-refractivity contribution in [3.8, 4) is 17.6 Å². The third-order valence-corrected chi connectivity index (χ3v) is 5.15. The van der Waals surface area contributed by atoms with Gasteiger partial charge in [-0.2, -0.15) is 5.26 Å². The molecule has 1 aliphatic rings. The van der Waals surface area contributed by atoms with E-state index in [1.165, 1.54) is 0 Å². The summed E-state index contributed by atoms with van der Waals surface area (Å²) in [6.45, 7) is 4.91. The Morgan fingerprint density at radius 1 is 1.17 bits per heavy atom. The summed E-state index contributed by atoms with van der Waals surface area (Å²) in [6, 6.07) is 16.5. The topological polar surface area (TPSA) is 98.5 Å². The lowest BCUT2D eigenvalue weighted by Crippen LogP contribution is -2.26. The molecule has 1 unspecified atom stereocenters. The Bertz CT molecular complexity index is 1220. The van der Waals surface area contributed by atoms with E-state index in [9.17, 15) is 10.1 Å². The van der Waals surface area contributed by atoms with Crippen molar-refractivity contribution < 1.29 is 13.9 Å². The molecule has 1 aromatic heterocycles. The maximum Gasteiger partial charge on any atom is 0.344 e. The van der Waals surface area contributed by atoms with Crippen LogP contribution in [0.25, 0.3) is 11.0 Å². The summed E-state index contributed by atoms with van der Waals surface area (Å²) in [5.74, 6) is 0.934. The van der Waals surface area contributed by atoms with Gasteiger partial charge in [0.05, 0.1) is 23.5 Å². The minimum absolute atomic E-state index is 0.0111. The third-order valence-electron chi connectivity index (χ3n) is 5.15. The summed E-state index contributed by atoms with van der Waals surface area (Å²) in [4.78, 5) is 12.9. The number of fused-ring (bicyclic) bond motifs is 3. The molecule has 2 heterocycles. The predicted molar refractivity (Wildman–Crippen MR) is 113 cm³/mol. The van der Waals surface area contributed by atoms with Gasteiger partial charge in [0.1, 0.15) is 23.0 Å². The fourth-order valence-electron chi connectivity index (χ4n) is 3.57. The van der Waals surface area contributed by atoms with Gasteiger partial charge in [0, 0.05) is 0 Å². The largest absolute Gasteiger partial charge is 0.494 e. The van der Waals surface area contributed by atoms with Crippen molar-refractivity contribution >= 4 is 11.0 Å². The number of hydrogen-bond donors (Lipinski definition) is 1. The Labute approximate surface area is 174 Å². The zero-order valence-electron chi connectivity index (χ0n) is 16.8. The summed E-state index contributed by atoms with van der Waals surface area (Å²) in [5.41, 5.74) is 7.11. The number of nitrogens with two attached hydrogens (primary N) is 1. The molecule has 2 aromatic carbocycles. The summed E-state index contributed by atoms with van der Waals surface area (Å²) in [7, 11) is 0. The van der Waals surface area contributed by atoms with Crippen molar-refractivity contribution in [3.05, 3.63) is 81.5 Å². The number of hydrogen-bond acceptors (Lipinski definition) is 6. The second-order valence-electron chi connectivity index (χ2n) is 7.65. The lowest BCUT2D eigenvalue weighted by molar-refractivity contribution is 0.289. The van der Waals surface area contributed by atoms with Crippen molar-refractivity contribution in [1.82, 2.24) is 0 Å². The second kappa shape index (κ2) is 7.96. The van der Waals surface area contributed by atoms with E-state index in [2.05, 4.69) is 19.9 Å². The van der Waals surface area contributed by atoms with Crippen molar-refractivity contribution in [2.24, 2.45) is 11.7 Å². The molecule has 0 radical (unpaired) electrons. The first kappa shape index (κ1) is 19.6. The van der Waals surface area contributed by atoms with Gasteiger partial charge >= 0.3 is 5.63 Å². The van der Waals surface area contributed by atoms with Crippen molar-refractivity contribution in [3.63, 3.8) is 0 Å². The number of benzene rings is 2. The molecule has 0 bridgehead atoms. The molecular formula is C24H22N2O4. The minimum Gasteiger partial charge on any atom is -0.494 e. The third kappa shape index (κ3) is 3.50. The molecule has 0 aliphatic carbocycles. The number of allylic oxidation sites excluding steroid dienone is 1. The Morgan fingerprint density at radius 3 is 2.60 bits per heavy atom. The quantitative estimate of drug-likeness (QED) is 0.634. The molecule has 0 amide bonds. The zero-order chi connectivity index (χ0) is 21.3. The summed E-state index contributed by atoms with van der Waals surface area (Å²) < 4.78 is 17.0. The molecule has 0 spiro atoms. The smallest absolute Gasteiger partial charge is 0.344 e. The molecule has 4 rings (SSSR count). The van der Waals surface area contributed by atoms with Gasteiger partial charge in [0.15, 0.2) is 5.75 Å². The van der Waals surface area contributed by atoms with Crippen LogP contribution in [0.15, 0.2) is 69.2 Å². The summed E-state index contributed by atoms with van der Waals surface area (Å²) >= 11 is 0. The fraction of sp³-hybridized carbons (Fsp3) is 0.250. The van der Waals surface area contributed by atoms with Crippen LogP contribution in [0.4, 0.5) is 0 Å². The van der Waals surface area contributed by atoms with Crippen LogP contribution in [-0.2, 0) is 0 Å². The predicted octanol–water partition coefficient (Wildman–Crippen LogP) is 4.44. The number of rotatable bonds is 5. The Hall–Kier alpha value is -3.72. The number of para-hydroxylation sites is 1. The summed E-state index contributed by atoms with van der Waals surface area (Å²) in [5, 5.41) is 10.4. The van der Waals surface area contributed by atoms with Crippen LogP contribution in [-0.4, -0.2) is 6.61 Å². The summed E-state index contributed by atoms with van der Waals surface area (Å²) in [6.07, 6.45) is 0.959. The Kier molecular flexibility index (Phi) is 5.20. The molecule has 1 aliphatic heterocycles. The van der Waals surface area contributed by atoms with Gasteiger partial charge in [0.25, 0.3) is 0 Å². The van der Waals surface area contributed by atoms with Crippen molar-refractivity contribution in [1.29, 1.82) is 5.26 Å². The average Bonchev–Trinajstić information content (AvgIpc) is 2.73. The molecule has 0 saturated carbocycles. The van der Waals surface area contributed by atoms with E-state index in [4.69, 9.17) is 19.6 Å². The van der Waals surface area contributed by atoms with Gasteiger partial charge in [-0.25, -0.2) is 4.79 Å². The van der Waals surface area contributed by atoms with E-state index < -0.39 is 11.5 Å². The molecule has 6 nitrogen and oxygen atoms in total. The number of nitrogens with zero attached hydrogens (tertiary/aromatic N) is 1. The molecule has 2 N–H and O–H groups in total. The molecule has 30 heavy (non-hydrogen) atoms. The van der Waals surface area contributed by atoms with Crippen molar-refractivity contribution in [2.75, 3.05) is 6.61 Å². The number of ether oxygens (including phenoxy) is 2. The minimum atomic E-state index is -0.677. The Balaban J connectivity index is 1.79. The van der Waals surface area contributed by atoms with E-state index in [-0.39, 0.29) is 17.0 Å². The lowest BCUT2D eigenvalue weighted by Gasteiger charge is -2.26. The van der Waals surface area contributed by atoms with E-state index >= 15 is 0 Å². The normalized spacial score (nSPS) is 15.6. The highest BCUT2D eigenvalue weighted by Crippen LogP contribution is 2.43. The lowest BCUT2D eigenvalue weighted by atomic mass is 9.84. The second-order valence-corrected chi connectivity index (χ2v) is 7.65. The first-order valence-electron chi connectivity index (χ1n) is 9.85. The number of nitriles is 1. The highest BCUT2D eigenvalue weighted by molar-refractivity contribution is 5.86. The van der Waals surface area contributed by atoms with E-state index in [1.54, 1.807) is 18.2 Å². The molecule has 0 fully saturated rings. The van der Waals surface area contributed by atoms with Crippen LogP contribution in [0.2, 0.25) is 0 Å². The van der Waals surface area contributed by atoms with Gasteiger partial charge in [0.2, 0.25) is 5.88 Å². The van der Waals surface area contributed by atoms with E-state index in [1.807, 2.05) is 30.3 Å². The maximum absolute atomic E-state index is 12.9. The van der Waals surface area contributed by atoms with Crippen LogP contribution < -0.4 is 20.8 Å². The first-order chi connectivity index (χ1) is 14.5. The monoisotopic (exact) mass is 402 g/mol. The van der Waals surface area contributed by atoms with Crippen LogP contribution in [0, 0.1) is 17.2 Å². The van der Waals surface area contributed by atoms with Gasteiger partial charge in [-0.1, -0.05) is 38.1 Å². The van der Waals surface area contributed by atoms with E-state index in [0.29, 0.717) is 29.2 Å². The average molecular weight is 402 g/mol. The first-order valence-corrected chi connectivity index (χ1v) is 9.85. The maximum atomic E-state index is 12.9. The zero-order valence-corrected chi connectivity index (χ0v) is 16.8. The molecular weight excluding hydrogens is 380 g/mol. The molecule has 3 aromatic rings. The highest BCUT2D eigenvalue weighted by Gasteiger charge is 2.35. The van der Waals surface area contributed by atoms with Crippen molar-refractivity contribution in [2.45, 2.75) is 26.2 Å². The standard InChI is InChI=1S/C24H22N2O4/c1-14(2)11-12-28-16-9-7-15(8-10-16)20-18(13-25)23(26)30-22-17-5-3-4-6-19(17)29-24(27)21(20)22/h3-10,14,20H,11-12,26H2,1-2H3. The fourth-order valence-corrected chi connectivity index (χ4v) is 3.57. The van der Waals surface area contributed by atoms with Crippen LogP contribution in [0.3, 0.4) is 0 Å². The van der Waals surface area contributed by atoms with Gasteiger partial charge in [-0.05, 0) is 42.2 Å². The SMILES string of the molecule is CC(C)CCOc1ccc(C2C(C#N)=C(N)Oc3c2c(=O)oc2ccccc32)cc1. The van der Waals surface area contributed by atoms with Gasteiger partial charge in [-0.3, -0.25) is 0 Å². The van der Waals surface area contributed by atoms with Crippen LogP contribution in [0.1, 0.15) is 37.3 Å². The highest BCUT2D eigenvalue weighted by atomic mass is 16.5. The molecule has 0 saturated heterocycles. The van der Waals surface area contributed by atoms with E-state index in [0.717, 1.165) is 17.7 Å². The van der Waals surface area contributed by atoms with Gasteiger partial charge in [-0.15, -0.1) is 0 Å².